The van der Waals surface area contributed by atoms with E-state index in [1.165, 1.54) is 0 Å². The van der Waals surface area contributed by atoms with Crippen LogP contribution in [0.2, 0.25) is 0 Å². The molecule has 146 valence electrons. The monoisotopic (exact) mass is 379 g/mol. The molecule has 0 N–H and O–H groups in total. The van der Waals surface area contributed by atoms with Crippen molar-refractivity contribution < 1.29 is 14.2 Å². The Kier molecular flexibility index (Phi) is 5.20. The van der Waals surface area contributed by atoms with E-state index in [1.54, 1.807) is 18.7 Å². The number of pyridine rings is 1. The Morgan fingerprint density at radius 3 is 2.64 bits per heavy atom. The molecule has 0 atom stereocenters. The van der Waals surface area contributed by atoms with Gasteiger partial charge in [-0.25, -0.2) is 0 Å². The summed E-state index contributed by atoms with van der Waals surface area (Å²) in [4.78, 5) is 12.7. The summed E-state index contributed by atoms with van der Waals surface area (Å²) < 4.78 is 19.0. The molecule has 5 nitrogen and oxygen atoms in total. The fourth-order valence-corrected chi connectivity index (χ4v) is 3.93. The first-order valence-corrected chi connectivity index (χ1v) is 9.57. The van der Waals surface area contributed by atoms with Gasteiger partial charge in [-0.05, 0) is 35.2 Å². The van der Waals surface area contributed by atoms with Crippen molar-refractivity contribution >= 4 is 10.9 Å². The number of ether oxygens (including phenoxy) is 3. The topological polar surface area (TPSA) is 49.7 Å². The lowest BCUT2D eigenvalue weighted by Gasteiger charge is -2.36. The van der Waals surface area contributed by atoms with Crippen LogP contribution in [0.3, 0.4) is 0 Å². The van der Waals surface area contributed by atoms with Gasteiger partial charge in [0.2, 0.25) is 0 Å². The highest BCUT2D eigenvalue weighted by Gasteiger charge is 2.34. The first-order valence-electron chi connectivity index (χ1n) is 9.57. The number of methoxy groups -OCH3 is 1. The van der Waals surface area contributed by atoms with Crippen LogP contribution in [0.4, 0.5) is 0 Å². The maximum Gasteiger partial charge on any atom is 0.257 e. The van der Waals surface area contributed by atoms with Crippen LogP contribution in [0.15, 0.2) is 59.4 Å². The van der Waals surface area contributed by atoms with Crippen molar-refractivity contribution in [2.45, 2.75) is 25.0 Å². The summed E-state index contributed by atoms with van der Waals surface area (Å²) in [7, 11) is 3.54. The summed E-state index contributed by atoms with van der Waals surface area (Å²) in [5, 5.41) is 1.03. The summed E-state index contributed by atoms with van der Waals surface area (Å²) in [5.74, 6) is 0.732. The second-order valence-electron chi connectivity index (χ2n) is 7.22. The van der Waals surface area contributed by atoms with Gasteiger partial charge in [0.15, 0.2) is 0 Å². The second-order valence-corrected chi connectivity index (χ2v) is 7.22. The van der Waals surface area contributed by atoms with Gasteiger partial charge in [0.05, 0.1) is 16.7 Å². The molecule has 28 heavy (non-hydrogen) atoms. The van der Waals surface area contributed by atoms with Gasteiger partial charge in [0.1, 0.15) is 12.4 Å². The van der Waals surface area contributed by atoms with E-state index in [2.05, 4.69) is 6.07 Å². The minimum Gasteiger partial charge on any atom is -0.489 e. The van der Waals surface area contributed by atoms with Gasteiger partial charge in [0.25, 0.3) is 5.56 Å². The molecule has 1 aromatic heterocycles. The predicted octanol–water partition coefficient (Wildman–Crippen LogP) is 3.77. The molecule has 0 bridgehead atoms. The molecule has 5 heteroatoms. The first kappa shape index (κ1) is 18.7. The predicted molar refractivity (Wildman–Crippen MR) is 109 cm³/mol. The molecule has 1 aliphatic heterocycles. The zero-order valence-corrected chi connectivity index (χ0v) is 16.3. The lowest BCUT2D eigenvalue weighted by Crippen LogP contribution is -2.35. The maximum atomic E-state index is 12.7. The number of nitrogens with zero attached hydrogens (tertiary/aromatic N) is 1. The van der Waals surface area contributed by atoms with Crippen molar-refractivity contribution in [2.24, 2.45) is 7.05 Å². The number of fused-ring (bicyclic) bond motifs is 1. The van der Waals surface area contributed by atoms with Crippen molar-refractivity contribution in [3.8, 4) is 5.75 Å². The van der Waals surface area contributed by atoms with E-state index < -0.39 is 0 Å². The van der Waals surface area contributed by atoms with Gasteiger partial charge < -0.3 is 18.8 Å². The lowest BCUT2D eigenvalue weighted by molar-refractivity contribution is -0.0948. The third kappa shape index (κ3) is 3.43. The minimum absolute atomic E-state index is 0.0346. The molecule has 1 aliphatic rings. The van der Waals surface area contributed by atoms with Crippen LogP contribution >= 0.6 is 0 Å². The third-order valence-electron chi connectivity index (χ3n) is 5.65. The van der Waals surface area contributed by atoms with Gasteiger partial charge in [-0.1, -0.05) is 30.3 Å². The Labute approximate surface area is 164 Å². The third-order valence-corrected chi connectivity index (χ3v) is 5.65. The summed E-state index contributed by atoms with van der Waals surface area (Å²) in [6.45, 7) is 1.60. The van der Waals surface area contributed by atoms with Crippen molar-refractivity contribution in [3.05, 3.63) is 76.1 Å². The molecule has 0 radical (unpaired) electrons. The zero-order valence-electron chi connectivity index (χ0n) is 16.3. The van der Waals surface area contributed by atoms with E-state index in [9.17, 15) is 4.79 Å². The van der Waals surface area contributed by atoms with E-state index in [1.807, 2.05) is 48.5 Å². The lowest BCUT2D eigenvalue weighted by atomic mass is 9.86. The molecule has 2 aromatic carbocycles. The van der Waals surface area contributed by atoms with Crippen LogP contribution in [0.1, 0.15) is 24.0 Å². The highest BCUT2D eigenvalue weighted by atomic mass is 16.5. The largest absolute Gasteiger partial charge is 0.489 e. The Morgan fingerprint density at radius 2 is 1.86 bits per heavy atom. The van der Waals surface area contributed by atoms with E-state index in [4.69, 9.17) is 14.2 Å². The highest BCUT2D eigenvalue weighted by molar-refractivity contribution is 5.79. The molecule has 0 spiro atoms. The second kappa shape index (κ2) is 7.78. The number of para-hydroxylation sites is 1. The SMILES string of the molecule is COC1(c2cccc(OCc3cc4ccccc4n(C)c3=O)c2)CCOCC1. The van der Waals surface area contributed by atoms with Gasteiger partial charge in [-0.15, -0.1) is 0 Å². The van der Waals surface area contributed by atoms with E-state index in [-0.39, 0.29) is 17.8 Å². The number of hydrogen-bond donors (Lipinski definition) is 0. The Bertz CT molecular complexity index is 1030. The maximum absolute atomic E-state index is 12.7. The molecule has 0 aliphatic carbocycles. The van der Waals surface area contributed by atoms with E-state index >= 15 is 0 Å². The number of hydrogen-bond acceptors (Lipinski definition) is 4. The Morgan fingerprint density at radius 1 is 1.07 bits per heavy atom. The number of benzene rings is 2. The molecule has 1 fully saturated rings. The molecule has 0 amide bonds. The first-order chi connectivity index (χ1) is 13.6. The fourth-order valence-electron chi connectivity index (χ4n) is 3.93. The summed E-state index contributed by atoms with van der Waals surface area (Å²) in [6, 6.07) is 17.7. The molecule has 4 rings (SSSR count). The molecule has 2 heterocycles. The quantitative estimate of drug-likeness (QED) is 0.677. The fraction of sp³-hybridized carbons (Fsp3) is 0.348. The smallest absolute Gasteiger partial charge is 0.257 e. The van der Waals surface area contributed by atoms with Crippen LogP contribution in [0, 0.1) is 0 Å². The van der Waals surface area contributed by atoms with E-state index in [0.29, 0.717) is 18.8 Å². The Balaban J connectivity index is 1.58. The molecule has 0 saturated carbocycles. The molecule has 3 aromatic rings. The van der Waals surface area contributed by atoms with Gasteiger partial charge in [-0.2, -0.15) is 0 Å². The number of aromatic nitrogens is 1. The number of aryl methyl sites for hydroxylation is 1. The van der Waals surface area contributed by atoms with E-state index in [0.717, 1.165) is 35.1 Å². The normalized spacial score (nSPS) is 16.2. The van der Waals surface area contributed by atoms with Gasteiger partial charge >= 0.3 is 0 Å². The summed E-state index contributed by atoms with van der Waals surface area (Å²) >= 11 is 0. The minimum atomic E-state index is -0.337. The van der Waals surface area contributed by atoms with Crippen molar-refractivity contribution in [1.29, 1.82) is 0 Å². The highest BCUT2D eigenvalue weighted by Crippen LogP contribution is 2.36. The average Bonchev–Trinajstić information content (AvgIpc) is 2.76. The van der Waals surface area contributed by atoms with Crippen LogP contribution in [0.25, 0.3) is 10.9 Å². The number of rotatable bonds is 5. The van der Waals surface area contributed by atoms with Gasteiger partial charge in [0, 0.05) is 40.2 Å². The average molecular weight is 379 g/mol. The van der Waals surface area contributed by atoms with Crippen molar-refractivity contribution in [1.82, 2.24) is 4.57 Å². The summed E-state index contributed by atoms with van der Waals surface area (Å²) in [5.41, 5.74) is 2.27. The zero-order chi connectivity index (χ0) is 19.6. The van der Waals surface area contributed by atoms with Crippen molar-refractivity contribution in [3.63, 3.8) is 0 Å². The van der Waals surface area contributed by atoms with Crippen LogP contribution < -0.4 is 10.3 Å². The molecule has 1 saturated heterocycles. The molecular weight excluding hydrogens is 354 g/mol. The van der Waals surface area contributed by atoms with Crippen LogP contribution in [0.5, 0.6) is 5.75 Å². The standard InChI is InChI=1S/C23H25NO4/c1-24-21-9-4-3-6-17(21)14-18(22(24)25)16-28-20-8-5-7-19(15-20)23(26-2)10-12-27-13-11-23/h3-9,14-15H,10-13,16H2,1-2H3. The molecular formula is C23H25NO4. The molecule has 0 unspecified atom stereocenters. The Hall–Kier alpha value is -2.63. The van der Waals surface area contributed by atoms with Crippen molar-refractivity contribution in [2.75, 3.05) is 20.3 Å². The van der Waals surface area contributed by atoms with Crippen LogP contribution in [-0.2, 0) is 28.7 Å². The van der Waals surface area contributed by atoms with Gasteiger partial charge in [-0.3, -0.25) is 4.79 Å². The van der Waals surface area contributed by atoms with Crippen LogP contribution in [-0.4, -0.2) is 24.9 Å². The summed E-state index contributed by atoms with van der Waals surface area (Å²) in [6.07, 6.45) is 1.64.